The molecule has 112 valence electrons. The van der Waals surface area contributed by atoms with E-state index in [1.54, 1.807) is 0 Å². The minimum Gasteiger partial charge on any atom is -0.389 e. The number of nitrogens with one attached hydrogen (secondary N) is 1. The number of fused-ring (bicyclic) bond motifs is 1. The molecular formula is C15H30N2O2. The van der Waals surface area contributed by atoms with E-state index in [2.05, 4.69) is 10.2 Å². The third-order valence-electron chi connectivity index (χ3n) is 4.17. The van der Waals surface area contributed by atoms with Gasteiger partial charge in [-0.25, -0.2) is 0 Å². The molecule has 0 amide bonds. The average Bonchev–Trinajstić information content (AvgIpc) is 2.80. The van der Waals surface area contributed by atoms with Crippen molar-refractivity contribution in [3.63, 3.8) is 0 Å². The van der Waals surface area contributed by atoms with Crippen molar-refractivity contribution in [2.24, 2.45) is 0 Å². The molecule has 2 aliphatic rings. The van der Waals surface area contributed by atoms with Crippen LogP contribution < -0.4 is 5.32 Å². The minimum atomic E-state index is -0.402. The SMILES string of the molecule is CC(C)(C)OCC(O)CNC1CCN2CCCC2C1. The van der Waals surface area contributed by atoms with E-state index in [-0.39, 0.29) is 5.60 Å². The number of aliphatic hydroxyl groups is 1. The van der Waals surface area contributed by atoms with E-state index in [0.29, 0.717) is 19.2 Å². The fourth-order valence-electron chi connectivity index (χ4n) is 3.12. The summed E-state index contributed by atoms with van der Waals surface area (Å²) in [4.78, 5) is 2.62. The van der Waals surface area contributed by atoms with E-state index in [1.165, 1.54) is 38.8 Å². The van der Waals surface area contributed by atoms with Crippen molar-refractivity contribution in [1.82, 2.24) is 10.2 Å². The van der Waals surface area contributed by atoms with Gasteiger partial charge in [-0.2, -0.15) is 0 Å². The van der Waals surface area contributed by atoms with Crippen molar-refractivity contribution < 1.29 is 9.84 Å². The maximum absolute atomic E-state index is 9.93. The number of nitrogens with zero attached hydrogens (tertiary/aromatic N) is 1. The standard InChI is InChI=1S/C15H30N2O2/c1-15(2,3)19-11-14(18)10-16-12-6-8-17-7-4-5-13(17)9-12/h12-14,16,18H,4-11H2,1-3H3. The van der Waals surface area contributed by atoms with Gasteiger partial charge in [0.25, 0.3) is 0 Å². The van der Waals surface area contributed by atoms with Crippen LogP contribution in [0.15, 0.2) is 0 Å². The lowest BCUT2D eigenvalue weighted by atomic mass is 9.97. The van der Waals surface area contributed by atoms with E-state index < -0.39 is 6.10 Å². The van der Waals surface area contributed by atoms with Gasteiger partial charge >= 0.3 is 0 Å². The molecule has 0 aromatic carbocycles. The molecule has 2 heterocycles. The van der Waals surface area contributed by atoms with Crippen LogP contribution in [0.2, 0.25) is 0 Å². The van der Waals surface area contributed by atoms with Crippen molar-refractivity contribution >= 4 is 0 Å². The lowest BCUT2D eigenvalue weighted by molar-refractivity contribution is -0.0488. The first-order chi connectivity index (χ1) is 8.94. The zero-order valence-electron chi connectivity index (χ0n) is 12.7. The molecule has 4 nitrogen and oxygen atoms in total. The summed E-state index contributed by atoms with van der Waals surface area (Å²) in [5, 5.41) is 13.4. The summed E-state index contributed by atoms with van der Waals surface area (Å²) in [6.07, 6.45) is 4.77. The van der Waals surface area contributed by atoms with E-state index in [0.717, 1.165) is 6.04 Å². The Balaban J connectivity index is 1.62. The first-order valence-electron chi connectivity index (χ1n) is 7.73. The van der Waals surface area contributed by atoms with Gasteiger partial charge in [-0.05, 0) is 59.5 Å². The summed E-state index contributed by atoms with van der Waals surface area (Å²) in [6.45, 7) is 9.62. The molecule has 2 N–H and O–H groups in total. The van der Waals surface area contributed by atoms with E-state index >= 15 is 0 Å². The lowest BCUT2D eigenvalue weighted by Crippen LogP contribution is -2.47. The van der Waals surface area contributed by atoms with E-state index in [1.807, 2.05) is 20.8 Å². The van der Waals surface area contributed by atoms with Crippen molar-refractivity contribution in [2.45, 2.75) is 70.2 Å². The van der Waals surface area contributed by atoms with Gasteiger partial charge in [0.05, 0.1) is 18.3 Å². The Kier molecular flexibility index (Phi) is 5.23. The molecule has 0 saturated carbocycles. The van der Waals surface area contributed by atoms with Gasteiger partial charge in [0.2, 0.25) is 0 Å². The van der Waals surface area contributed by atoms with Crippen LogP contribution in [-0.2, 0) is 4.74 Å². The molecule has 2 fully saturated rings. The maximum Gasteiger partial charge on any atom is 0.0898 e. The highest BCUT2D eigenvalue weighted by molar-refractivity contribution is 4.89. The fourth-order valence-corrected chi connectivity index (χ4v) is 3.12. The van der Waals surface area contributed by atoms with Gasteiger partial charge in [0.1, 0.15) is 0 Å². The summed E-state index contributed by atoms with van der Waals surface area (Å²) in [7, 11) is 0. The largest absolute Gasteiger partial charge is 0.389 e. The molecule has 3 atom stereocenters. The highest BCUT2D eigenvalue weighted by Crippen LogP contribution is 2.26. The predicted molar refractivity (Wildman–Crippen MR) is 77.3 cm³/mol. The van der Waals surface area contributed by atoms with Gasteiger partial charge in [-0.15, -0.1) is 0 Å². The molecule has 2 rings (SSSR count). The topological polar surface area (TPSA) is 44.7 Å². The minimum absolute atomic E-state index is 0.170. The highest BCUT2D eigenvalue weighted by Gasteiger charge is 2.31. The molecular weight excluding hydrogens is 240 g/mol. The van der Waals surface area contributed by atoms with Gasteiger partial charge in [0, 0.05) is 18.6 Å². The average molecular weight is 270 g/mol. The first kappa shape index (κ1) is 15.2. The summed E-state index contributed by atoms with van der Waals surface area (Å²) >= 11 is 0. The van der Waals surface area contributed by atoms with Crippen LogP contribution in [0.25, 0.3) is 0 Å². The number of piperidine rings is 1. The highest BCUT2D eigenvalue weighted by atomic mass is 16.5. The van der Waals surface area contributed by atoms with Gasteiger partial charge in [0.15, 0.2) is 0 Å². The number of hydrogen-bond donors (Lipinski definition) is 2. The molecule has 19 heavy (non-hydrogen) atoms. The van der Waals surface area contributed by atoms with Crippen molar-refractivity contribution in [2.75, 3.05) is 26.2 Å². The number of hydrogen-bond acceptors (Lipinski definition) is 4. The summed E-state index contributed by atoms with van der Waals surface area (Å²) < 4.78 is 5.60. The fraction of sp³-hybridized carbons (Fsp3) is 1.00. The number of ether oxygens (including phenoxy) is 1. The van der Waals surface area contributed by atoms with Crippen molar-refractivity contribution in [3.05, 3.63) is 0 Å². The molecule has 0 radical (unpaired) electrons. The van der Waals surface area contributed by atoms with Gasteiger partial charge in [-0.1, -0.05) is 0 Å². The summed E-state index contributed by atoms with van der Waals surface area (Å²) in [6, 6.07) is 1.36. The van der Waals surface area contributed by atoms with Gasteiger partial charge < -0.3 is 20.1 Å². The van der Waals surface area contributed by atoms with Crippen LogP contribution in [0.5, 0.6) is 0 Å². The molecule has 2 saturated heterocycles. The molecule has 0 aromatic heterocycles. The lowest BCUT2D eigenvalue weighted by Gasteiger charge is -2.35. The number of aliphatic hydroxyl groups excluding tert-OH is 1. The molecule has 0 bridgehead atoms. The summed E-state index contributed by atoms with van der Waals surface area (Å²) in [5.41, 5.74) is -0.170. The monoisotopic (exact) mass is 270 g/mol. The Morgan fingerprint density at radius 3 is 2.84 bits per heavy atom. The Morgan fingerprint density at radius 1 is 1.32 bits per heavy atom. The molecule has 3 unspecified atom stereocenters. The van der Waals surface area contributed by atoms with Crippen LogP contribution in [0, 0.1) is 0 Å². The smallest absolute Gasteiger partial charge is 0.0898 e. The second-order valence-electron chi connectivity index (χ2n) is 7.04. The van der Waals surface area contributed by atoms with E-state index in [9.17, 15) is 5.11 Å². The maximum atomic E-state index is 9.93. The van der Waals surface area contributed by atoms with Crippen molar-refractivity contribution in [3.8, 4) is 0 Å². The van der Waals surface area contributed by atoms with Crippen LogP contribution in [0.4, 0.5) is 0 Å². The normalized spacial score (nSPS) is 30.3. The molecule has 0 aliphatic carbocycles. The van der Waals surface area contributed by atoms with Gasteiger partial charge in [-0.3, -0.25) is 0 Å². The second-order valence-corrected chi connectivity index (χ2v) is 7.04. The Bertz CT molecular complexity index is 278. The third kappa shape index (κ3) is 5.03. The Labute approximate surface area is 117 Å². The second kappa shape index (κ2) is 6.53. The zero-order chi connectivity index (χ0) is 13.9. The van der Waals surface area contributed by atoms with Crippen LogP contribution >= 0.6 is 0 Å². The predicted octanol–water partition coefficient (Wildman–Crippen LogP) is 1.38. The molecule has 0 spiro atoms. The van der Waals surface area contributed by atoms with Crippen LogP contribution in [0.3, 0.4) is 0 Å². The first-order valence-corrected chi connectivity index (χ1v) is 7.73. The van der Waals surface area contributed by atoms with E-state index in [4.69, 9.17) is 4.74 Å². The molecule has 2 aliphatic heterocycles. The van der Waals surface area contributed by atoms with Crippen molar-refractivity contribution in [1.29, 1.82) is 0 Å². The third-order valence-corrected chi connectivity index (χ3v) is 4.17. The molecule has 4 heteroatoms. The zero-order valence-corrected chi connectivity index (χ0v) is 12.7. The van der Waals surface area contributed by atoms with Crippen LogP contribution in [-0.4, -0.2) is 60.0 Å². The Hall–Kier alpha value is -0.160. The quantitative estimate of drug-likeness (QED) is 0.792. The number of rotatable bonds is 5. The van der Waals surface area contributed by atoms with Crippen LogP contribution in [0.1, 0.15) is 46.5 Å². The Morgan fingerprint density at radius 2 is 2.11 bits per heavy atom. The molecule has 0 aromatic rings. The summed E-state index contributed by atoms with van der Waals surface area (Å²) in [5.74, 6) is 0.